The zero-order valence-corrected chi connectivity index (χ0v) is 10.3. The first-order valence-corrected chi connectivity index (χ1v) is 6.23. The van der Waals surface area contributed by atoms with Gasteiger partial charge in [-0.25, -0.2) is 0 Å². The summed E-state index contributed by atoms with van der Waals surface area (Å²) in [5.41, 5.74) is 5.33. The van der Waals surface area contributed by atoms with Crippen molar-refractivity contribution in [1.29, 1.82) is 0 Å². The lowest BCUT2D eigenvalue weighted by molar-refractivity contribution is -0.161. The molecule has 5 heteroatoms. The molecule has 0 atom stereocenters. The van der Waals surface area contributed by atoms with E-state index in [1.54, 1.807) is 0 Å². The van der Waals surface area contributed by atoms with Gasteiger partial charge in [0.1, 0.15) is 0 Å². The Morgan fingerprint density at radius 2 is 1.82 bits per heavy atom. The molecule has 2 amide bonds. The molecule has 2 aliphatic heterocycles. The van der Waals surface area contributed by atoms with Gasteiger partial charge >= 0.3 is 0 Å². The Bertz CT molecular complexity index is 306. The van der Waals surface area contributed by atoms with Gasteiger partial charge in [-0.2, -0.15) is 0 Å². The molecule has 2 saturated heterocycles. The summed E-state index contributed by atoms with van der Waals surface area (Å²) in [5.74, 6) is 0.0168. The zero-order valence-electron chi connectivity index (χ0n) is 10.3. The third kappa shape index (κ3) is 2.21. The molecule has 0 bridgehead atoms. The van der Waals surface area contributed by atoms with Crippen molar-refractivity contribution in [2.45, 2.75) is 38.1 Å². The topological polar surface area (TPSA) is 72.6 Å². The van der Waals surface area contributed by atoms with Crippen molar-refractivity contribution in [3.8, 4) is 0 Å². The van der Waals surface area contributed by atoms with Gasteiger partial charge in [0.25, 0.3) is 0 Å². The number of carbonyl (C=O) groups excluding carboxylic acids is 2. The van der Waals surface area contributed by atoms with E-state index < -0.39 is 5.54 Å². The van der Waals surface area contributed by atoms with Crippen LogP contribution >= 0.6 is 0 Å². The van der Waals surface area contributed by atoms with Crippen LogP contribution in [0.2, 0.25) is 0 Å². The van der Waals surface area contributed by atoms with Crippen LogP contribution in [0.4, 0.5) is 0 Å². The van der Waals surface area contributed by atoms with Crippen LogP contribution in [0, 0.1) is 5.92 Å². The van der Waals surface area contributed by atoms with Crippen molar-refractivity contribution >= 4 is 11.8 Å². The second-order valence-corrected chi connectivity index (χ2v) is 5.18. The number of hydrogen-bond donors (Lipinski definition) is 1. The largest absolute Gasteiger partial charge is 0.381 e. The van der Waals surface area contributed by atoms with E-state index in [2.05, 4.69) is 0 Å². The van der Waals surface area contributed by atoms with E-state index in [0.717, 1.165) is 0 Å². The summed E-state index contributed by atoms with van der Waals surface area (Å²) < 4.78 is 5.30. The fourth-order valence-corrected chi connectivity index (χ4v) is 2.79. The first-order valence-electron chi connectivity index (χ1n) is 6.23. The second-order valence-electron chi connectivity index (χ2n) is 5.18. The lowest BCUT2D eigenvalue weighted by Gasteiger charge is -2.46. The molecule has 0 aromatic rings. The lowest BCUT2D eigenvalue weighted by atomic mass is 9.84. The van der Waals surface area contributed by atoms with E-state index in [-0.39, 0.29) is 17.7 Å². The Labute approximate surface area is 101 Å². The minimum absolute atomic E-state index is 0.0684. The summed E-state index contributed by atoms with van der Waals surface area (Å²) in [5, 5.41) is 0. The Hall–Kier alpha value is -0.940. The molecule has 0 aliphatic carbocycles. The van der Waals surface area contributed by atoms with E-state index in [9.17, 15) is 9.59 Å². The Morgan fingerprint density at radius 1 is 1.29 bits per heavy atom. The molecular formula is C12H20N2O3. The van der Waals surface area contributed by atoms with Crippen LogP contribution in [0.3, 0.4) is 0 Å². The van der Waals surface area contributed by atoms with Crippen LogP contribution in [-0.2, 0) is 14.3 Å². The van der Waals surface area contributed by atoms with Gasteiger partial charge < -0.3 is 10.5 Å². The Balaban J connectivity index is 2.23. The molecule has 2 fully saturated rings. The molecule has 5 nitrogen and oxygen atoms in total. The molecule has 0 aromatic carbocycles. The molecule has 0 radical (unpaired) electrons. The minimum atomic E-state index is -0.493. The smallest absolute Gasteiger partial charge is 0.230 e. The third-order valence-electron chi connectivity index (χ3n) is 3.82. The van der Waals surface area contributed by atoms with Gasteiger partial charge in [0.15, 0.2) is 0 Å². The predicted octanol–water partition coefficient (Wildman–Crippen LogP) is 0.279. The van der Waals surface area contributed by atoms with Crippen LogP contribution < -0.4 is 5.73 Å². The number of likely N-dealkylation sites (tertiary alicyclic amines) is 1. The fourth-order valence-electron chi connectivity index (χ4n) is 2.79. The van der Waals surface area contributed by atoms with Gasteiger partial charge in [0, 0.05) is 32.6 Å². The van der Waals surface area contributed by atoms with E-state index in [0.29, 0.717) is 45.4 Å². The summed E-state index contributed by atoms with van der Waals surface area (Å²) in [7, 11) is 0. The lowest BCUT2D eigenvalue weighted by Crippen LogP contribution is -2.62. The molecule has 2 heterocycles. The summed E-state index contributed by atoms with van der Waals surface area (Å²) in [4.78, 5) is 25.6. The summed E-state index contributed by atoms with van der Waals surface area (Å²) in [6.07, 6.45) is 2.23. The SMILES string of the molecule is CC1CC(=O)N(C2(CN)CCOCC2)C(=O)C1. The molecule has 0 saturated carbocycles. The molecular weight excluding hydrogens is 220 g/mol. The minimum Gasteiger partial charge on any atom is -0.381 e. The average molecular weight is 240 g/mol. The van der Waals surface area contributed by atoms with Crippen molar-refractivity contribution in [3.63, 3.8) is 0 Å². The first kappa shape index (κ1) is 12.5. The van der Waals surface area contributed by atoms with Crippen molar-refractivity contribution in [1.82, 2.24) is 4.90 Å². The maximum atomic E-state index is 12.1. The normalized spacial score (nSPS) is 26.4. The first-order chi connectivity index (χ1) is 8.09. The highest BCUT2D eigenvalue weighted by Crippen LogP contribution is 2.32. The highest BCUT2D eigenvalue weighted by atomic mass is 16.5. The number of piperidine rings is 1. The quantitative estimate of drug-likeness (QED) is 0.704. The van der Waals surface area contributed by atoms with Gasteiger partial charge in [-0.1, -0.05) is 6.92 Å². The van der Waals surface area contributed by atoms with E-state index >= 15 is 0 Å². The maximum absolute atomic E-state index is 12.1. The van der Waals surface area contributed by atoms with Crippen LogP contribution in [0.1, 0.15) is 32.6 Å². The fraction of sp³-hybridized carbons (Fsp3) is 0.833. The number of carbonyl (C=O) groups is 2. The monoisotopic (exact) mass is 240 g/mol. The summed E-state index contributed by atoms with van der Waals surface area (Å²) in [6, 6.07) is 0. The van der Waals surface area contributed by atoms with Gasteiger partial charge in [0.05, 0.1) is 5.54 Å². The number of rotatable bonds is 2. The summed E-state index contributed by atoms with van der Waals surface area (Å²) >= 11 is 0. The molecule has 17 heavy (non-hydrogen) atoms. The van der Waals surface area contributed by atoms with Crippen LogP contribution in [0.25, 0.3) is 0 Å². The molecule has 96 valence electrons. The van der Waals surface area contributed by atoms with Gasteiger partial charge in [0.2, 0.25) is 11.8 Å². The molecule has 2 rings (SSSR count). The Morgan fingerprint density at radius 3 is 2.29 bits per heavy atom. The third-order valence-corrected chi connectivity index (χ3v) is 3.82. The highest BCUT2D eigenvalue weighted by Gasteiger charge is 2.45. The standard InChI is InChI=1S/C12H20N2O3/c1-9-6-10(15)14(11(16)7-9)12(8-13)2-4-17-5-3-12/h9H,2-8,13H2,1H3. The number of nitrogens with two attached hydrogens (primary N) is 1. The van der Waals surface area contributed by atoms with E-state index in [4.69, 9.17) is 10.5 Å². The van der Waals surface area contributed by atoms with Crippen LogP contribution in [-0.4, -0.2) is 42.0 Å². The highest BCUT2D eigenvalue weighted by molar-refractivity contribution is 5.98. The van der Waals surface area contributed by atoms with Crippen LogP contribution in [0.5, 0.6) is 0 Å². The van der Waals surface area contributed by atoms with Crippen molar-refractivity contribution < 1.29 is 14.3 Å². The van der Waals surface area contributed by atoms with Gasteiger partial charge in [-0.15, -0.1) is 0 Å². The van der Waals surface area contributed by atoms with E-state index in [1.807, 2.05) is 6.92 Å². The van der Waals surface area contributed by atoms with Crippen LogP contribution in [0.15, 0.2) is 0 Å². The average Bonchev–Trinajstić information content (AvgIpc) is 2.28. The molecule has 0 aromatic heterocycles. The van der Waals surface area contributed by atoms with Gasteiger partial charge in [-0.05, 0) is 18.8 Å². The maximum Gasteiger partial charge on any atom is 0.230 e. The number of imide groups is 1. The molecule has 2 aliphatic rings. The number of hydrogen-bond acceptors (Lipinski definition) is 4. The molecule has 2 N–H and O–H groups in total. The zero-order chi connectivity index (χ0) is 12.5. The van der Waals surface area contributed by atoms with Crippen molar-refractivity contribution in [2.24, 2.45) is 11.7 Å². The number of nitrogens with zero attached hydrogens (tertiary/aromatic N) is 1. The summed E-state index contributed by atoms with van der Waals surface area (Å²) in [6.45, 7) is 3.42. The van der Waals surface area contributed by atoms with E-state index in [1.165, 1.54) is 4.90 Å². The second kappa shape index (κ2) is 4.74. The van der Waals surface area contributed by atoms with Crippen molar-refractivity contribution in [3.05, 3.63) is 0 Å². The predicted molar refractivity (Wildman–Crippen MR) is 62.1 cm³/mol. The van der Waals surface area contributed by atoms with Gasteiger partial charge in [-0.3, -0.25) is 14.5 Å². The number of amides is 2. The molecule has 0 spiro atoms. The Kier molecular flexibility index (Phi) is 3.49. The van der Waals surface area contributed by atoms with Crippen molar-refractivity contribution in [2.75, 3.05) is 19.8 Å². The molecule has 0 unspecified atom stereocenters. The number of ether oxygens (including phenoxy) is 1.